The fourth-order valence-corrected chi connectivity index (χ4v) is 4.15. The highest BCUT2D eigenvalue weighted by Crippen LogP contribution is 2.25. The van der Waals surface area contributed by atoms with Crippen molar-refractivity contribution in [1.82, 2.24) is 5.32 Å². The Morgan fingerprint density at radius 1 is 0.767 bits per heavy atom. The van der Waals surface area contributed by atoms with Gasteiger partial charge in [0.2, 0.25) is 0 Å². The summed E-state index contributed by atoms with van der Waals surface area (Å²) in [6.07, 6.45) is 7.29. The van der Waals surface area contributed by atoms with Crippen LogP contribution >= 0.6 is 8.25 Å². The first-order valence-corrected chi connectivity index (χ1v) is 12.1. The van der Waals surface area contributed by atoms with Crippen LogP contribution < -0.4 is 5.32 Å². The van der Waals surface area contributed by atoms with E-state index in [-0.39, 0.29) is 6.61 Å². The fourth-order valence-electron chi connectivity index (χ4n) is 3.87. The molecule has 0 aliphatic heterocycles. The molecule has 1 unspecified atom stereocenters. The predicted molar refractivity (Wildman–Crippen MR) is 125 cm³/mol. The third kappa shape index (κ3) is 7.37. The molecule has 0 aliphatic rings. The molecule has 0 saturated carbocycles. The summed E-state index contributed by atoms with van der Waals surface area (Å²) in [6.45, 7) is 1.51. The second-order valence-corrected chi connectivity index (χ2v) is 8.44. The van der Waals surface area contributed by atoms with Crippen LogP contribution in [0.2, 0.25) is 0 Å². The lowest BCUT2D eigenvalue weighted by atomic mass is 9.95. The van der Waals surface area contributed by atoms with E-state index in [1.165, 1.54) is 59.6 Å². The van der Waals surface area contributed by atoms with E-state index in [1.807, 2.05) is 0 Å². The molecule has 0 amide bonds. The first-order chi connectivity index (χ1) is 14.7. The first-order valence-electron chi connectivity index (χ1n) is 10.8. The Morgan fingerprint density at radius 3 is 2.13 bits per heavy atom. The summed E-state index contributed by atoms with van der Waals surface area (Å²) in [4.78, 5) is 8.71. The molecule has 0 bridgehead atoms. The molecule has 0 heterocycles. The van der Waals surface area contributed by atoms with E-state index in [9.17, 15) is 4.57 Å². The van der Waals surface area contributed by atoms with Crippen LogP contribution in [0.25, 0.3) is 10.8 Å². The summed E-state index contributed by atoms with van der Waals surface area (Å²) in [5.41, 5.74) is 4.10. The largest absolute Gasteiger partial charge is 0.326 e. The topological polar surface area (TPSA) is 58.6 Å². The second-order valence-electron chi connectivity index (χ2n) is 7.62. The van der Waals surface area contributed by atoms with Gasteiger partial charge in [0.05, 0.1) is 6.61 Å². The van der Waals surface area contributed by atoms with Gasteiger partial charge in [-0.15, -0.1) is 0 Å². The van der Waals surface area contributed by atoms with Crippen LogP contribution in [-0.2, 0) is 28.5 Å². The van der Waals surface area contributed by atoms with E-state index in [2.05, 4.69) is 72.0 Å². The summed E-state index contributed by atoms with van der Waals surface area (Å²) < 4.78 is 15.3. The number of nitrogens with one attached hydrogen (secondary N) is 1. The van der Waals surface area contributed by atoms with E-state index in [0.29, 0.717) is 6.54 Å². The average molecular weight is 426 g/mol. The van der Waals surface area contributed by atoms with Crippen LogP contribution in [0.3, 0.4) is 0 Å². The van der Waals surface area contributed by atoms with Gasteiger partial charge in [-0.25, -0.2) is 0 Å². The molecular weight excluding hydrogens is 393 g/mol. The number of rotatable bonds is 13. The third-order valence-corrected chi connectivity index (χ3v) is 5.88. The lowest BCUT2D eigenvalue weighted by molar-refractivity contribution is 0.280. The van der Waals surface area contributed by atoms with Crippen LogP contribution in [0.15, 0.2) is 66.7 Å². The maximum absolute atomic E-state index is 10.6. The van der Waals surface area contributed by atoms with E-state index >= 15 is 0 Å². The van der Waals surface area contributed by atoms with Gasteiger partial charge < -0.3 is 14.7 Å². The zero-order valence-electron chi connectivity index (χ0n) is 17.5. The predicted octanol–water partition coefficient (Wildman–Crippen LogP) is 5.67. The summed E-state index contributed by atoms with van der Waals surface area (Å²) in [5, 5.41) is 5.90. The lowest BCUT2D eigenvalue weighted by Crippen LogP contribution is -2.18. The maximum Gasteiger partial charge on any atom is 0.316 e. The molecule has 5 heteroatoms. The number of benzene rings is 3. The van der Waals surface area contributed by atoms with Crippen LogP contribution in [0, 0.1) is 0 Å². The molecule has 3 rings (SSSR count). The van der Waals surface area contributed by atoms with Crippen molar-refractivity contribution in [2.75, 3.05) is 13.2 Å². The molecule has 0 saturated heterocycles. The van der Waals surface area contributed by atoms with Gasteiger partial charge in [-0.05, 0) is 53.1 Å². The number of fused-ring (bicyclic) bond motifs is 1. The van der Waals surface area contributed by atoms with Crippen LogP contribution in [0.1, 0.15) is 42.4 Å². The molecule has 0 aromatic heterocycles. The van der Waals surface area contributed by atoms with Crippen molar-refractivity contribution in [3.63, 3.8) is 0 Å². The molecule has 1 atom stereocenters. The molecule has 4 nitrogen and oxygen atoms in total. The second kappa shape index (κ2) is 12.7. The van der Waals surface area contributed by atoms with E-state index in [4.69, 9.17) is 9.42 Å². The minimum atomic E-state index is -2.84. The molecule has 3 aromatic carbocycles. The fraction of sp³-hybridized carbons (Fsp3) is 0.360. The molecule has 2 N–H and O–H groups in total. The van der Waals surface area contributed by atoms with Crippen LogP contribution in [-0.4, -0.2) is 18.0 Å². The normalized spacial score (nSPS) is 12.3. The van der Waals surface area contributed by atoms with E-state index < -0.39 is 8.25 Å². The van der Waals surface area contributed by atoms with Crippen LogP contribution in [0.4, 0.5) is 0 Å². The molecular formula is C25H32NO3P. The van der Waals surface area contributed by atoms with Crippen molar-refractivity contribution in [2.24, 2.45) is 0 Å². The van der Waals surface area contributed by atoms with Crippen LogP contribution in [0.5, 0.6) is 0 Å². The minimum Gasteiger partial charge on any atom is -0.326 e. The van der Waals surface area contributed by atoms with Gasteiger partial charge in [-0.3, -0.25) is 4.57 Å². The highest BCUT2D eigenvalue weighted by Gasteiger charge is 2.06. The monoisotopic (exact) mass is 425 g/mol. The summed E-state index contributed by atoms with van der Waals surface area (Å²) in [6, 6.07) is 23.8. The van der Waals surface area contributed by atoms with Gasteiger partial charge in [-0.1, -0.05) is 79.6 Å². The Balaban J connectivity index is 1.47. The molecule has 0 fully saturated rings. The molecule has 30 heavy (non-hydrogen) atoms. The Bertz CT molecular complexity index is 930. The van der Waals surface area contributed by atoms with Crippen molar-refractivity contribution >= 4 is 19.0 Å². The third-order valence-electron chi connectivity index (χ3n) is 5.43. The van der Waals surface area contributed by atoms with Crippen molar-refractivity contribution in [3.8, 4) is 0 Å². The van der Waals surface area contributed by atoms with Gasteiger partial charge in [0.15, 0.2) is 0 Å². The molecule has 0 radical (unpaired) electrons. The van der Waals surface area contributed by atoms with Crippen molar-refractivity contribution in [2.45, 2.75) is 45.1 Å². The zero-order chi connectivity index (χ0) is 21.0. The Hall–Kier alpha value is -1.97. The SMILES string of the molecule is O=[PH](O)OCCNCc1ccc(CCCCCCc2ccccc2)c2ccccc12. The van der Waals surface area contributed by atoms with Gasteiger partial charge in [0.1, 0.15) is 0 Å². The smallest absolute Gasteiger partial charge is 0.316 e. The van der Waals surface area contributed by atoms with Gasteiger partial charge in [-0.2, -0.15) is 0 Å². The Kier molecular flexibility index (Phi) is 9.59. The van der Waals surface area contributed by atoms with Crippen molar-refractivity contribution in [1.29, 1.82) is 0 Å². The zero-order valence-corrected chi connectivity index (χ0v) is 18.5. The van der Waals surface area contributed by atoms with Crippen molar-refractivity contribution in [3.05, 3.63) is 83.4 Å². The van der Waals surface area contributed by atoms with Crippen molar-refractivity contribution < 1.29 is 14.0 Å². The lowest BCUT2D eigenvalue weighted by Gasteiger charge is -2.12. The Morgan fingerprint density at radius 2 is 1.40 bits per heavy atom. The number of unbranched alkanes of at least 4 members (excludes halogenated alkanes) is 3. The highest BCUT2D eigenvalue weighted by atomic mass is 31.1. The number of hydrogen-bond donors (Lipinski definition) is 2. The number of aryl methyl sites for hydroxylation is 2. The standard InChI is InChI=1S/C25H32NO3P/c27-30(28)29-19-18-26-20-23-17-16-22(24-14-8-9-15-25(23)24)13-7-2-1-4-10-21-11-5-3-6-12-21/h3,5-6,8-9,11-12,14-17,26,30H,1-2,4,7,10,13,18-20H2,(H,27,28). The number of hydrogen-bond acceptors (Lipinski definition) is 3. The van der Waals surface area contributed by atoms with Gasteiger partial charge in [0.25, 0.3) is 0 Å². The summed E-state index contributed by atoms with van der Waals surface area (Å²) in [7, 11) is -2.84. The van der Waals surface area contributed by atoms with E-state index in [0.717, 1.165) is 13.0 Å². The molecule has 0 aliphatic carbocycles. The Labute approximate surface area is 180 Å². The molecule has 3 aromatic rings. The van der Waals surface area contributed by atoms with Gasteiger partial charge in [0, 0.05) is 13.1 Å². The van der Waals surface area contributed by atoms with E-state index in [1.54, 1.807) is 0 Å². The summed E-state index contributed by atoms with van der Waals surface area (Å²) in [5.74, 6) is 0. The quantitative estimate of drug-likeness (QED) is 0.273. The molecule has 160 valence electrons. The molecule has 0 spiro atoms. The highest BCUT2D eigenvalue weighted by molar-refractivity contribution is 7.32. The minimum absolute atomic E-state index is 0.245. The van der Waals surface area contributed by atoms with Gasteiger partial charge >= 0.3 is 8.25 Å². The maximum atomic E-state index is 10.6. The summed E-state index contributed by atoms with van der Waals surface area (Å²) >= 11 is 0. The average Bonchev–Trinajstić information content (AvgIpc) is 2.77. The first kappa shape index (κ1) is 22.7.